The zero-order valence-corrected chi connectivity index (χ0v) is 18.3. The molecule has 5 nitrogen and oxygen atoms in total. The number of benzene rings is 3. The normalized spacial score (nSPS) is 10.8. The maximum atomic E-state index is 10.7. The zero-order valence-electron chi connectivity index (χ0n) is 17.6. The van der Waals surface area contributed by atoms with E-state index in [4.69, 9.17) is 21.1 Å². The summed E-state index contributed by atoms with van der Waals surface area (Å²) in [6, 6.07) is 18.7. The highest BCUT2D eigenvalue weighted by molar-refractivity contribution is 6.30. The van der Waals surface area contributed by atoms with E-state index < -0.39 is 0 Å². The van der Waals surface area contributed by atoms with Gasteiger partial charge >= 0.3 is 0 Å². The van der Waals surface area contributed by atoms with Gasteiger partial charge in [0.15, 0.2) is 5.75 Å². The number of hydrogen-bond acceptors (Lipinski definition) is 4. The number of hydrogen-bond donors (Lipinski definition) is 1. The first-order chi connectivity index (χ1) is 14.9. The van der Waals surface area contributed by atoms with Crippen LogP contribution >= 0.6 is 11.6 Å². The second-order valence-electron chi connectivity index (χ2n) is 7.48. The number of nitrogens with zero attached hydrogens (tertiary/aromatic N) is 2. The Bertz CT molecular complexity index is 1230. The number of phenols is 1. The summed E-state index contributed by atoms with van der Waals surface area (Å²) in [7, 11) is 1.82. The number of aromatic nitrogens is 2. The van der Waals surface area contributed by atoms with Gasteiger partial charge in [-0.3, -0.25) is 4.68 Å². The lowest BCUT2D eigenvalue weighted by Gasteiger charge is -2.11. The molecule has 0 saturated heterocycles. The number of ether oxygens (including phenoxy) is 2. The van der Waals surface area contributed by atoms with Crippen LogP contribution in [0, 0.1) is 13.8 Å². The van der Waals surface area contributed by atoms with Gasteiger partial charge in [-0.2, -0.15) is 5.10 Å². The fourth-order valence-electron chi connectivity index (χ4n) is 3.26. The topological polar surface area (TPSA) is 56.5 Å². The first-order valence-electron chi connectivity index (χ1n) is 9.88. The fourth-order valence-corrected chi connectivity index (χ4v) is 3.47. The van der Waals surface area contributed by atoms with Crippen LogP contribution in [0.4, 0.5) is 0 Å². The van der Waals surface area contributed by atoms with E-state index in [2.05, 4.69) is 5.10 Å². The van der Waals surface area contributed by atoms with Crippen LogP contribution in [0.2, 0.25) is 5.02 Å². The number of halogens is 1. The lowest BCUT2D eigenvalue weighted by molar-refractivity contribution is 0.304. The molecule has 4 aromatic rings. The molecule has 0 saturated carbocycles. The molecule has 158 valence electrons. The summed E-state index contributed by atoms with van der Waals surface area (Å²) in [5.74, 6) is 1.94. The predicted octanol–water partition coefficient (Wildman–Crippen LogP) is 6.43. The highest BCUT2D eigenvalue weighted by Crippen LogP contribution is 2.39. The molecule has 1 heterocycles. The molecule has 0 fully saturated rings. The Hall–Kier alpha value is -3.44. The summed E-state index contributed by atoms with van der Waals surface area (Å²) in [6.45, 7) is 4.36. The van der Waals surface area contributed by atoms with Gasteiger partial charge < -0.3 is 14.6 Å². The Balaban J connectivity index is 1.58. The van der Waals surface area contributed by atoms with Gasteiger partial charge in [-0.1, -0.05) is 35.9 Å². The van der Waals surface area contributed by atoms with E-state index in [1.54, 1.807) is 29.1 Å². The maximum absolute atomic E-state index is 10.7. The predicted molar refractivity (Wildman–Crippen MR) is 122 cm³/mol. The molecule has 0 unspecified atom stereocenters. The smallest absolute Gasteiger partial charge is 0.173 e. The van der Waals surface area contributed by atoms with E-state index in [9.17, 15) is 5.11 Å². The molecule has 0 radical (unpaired) electrons. The van der Waals surface area contributed by atoms with Crippen molar-refractivity contribution in [3.63, 3.8) is 0 Å². The van der Waals surface area contributed by atoms with Crippen LogP contribution in [0.25, 0.3) is 11.3 Å². The molecule has 6 heteroatoms. The lowest BCUT2D eigenvalue weighted by Crippen LogP contribution is -1.96. The highest BCUT2D eigenvalue weighted by atomic mass is 35.5. The van der Waals surface area contributed by atoms with Crippen molar-refractivity contribution in [2.75, 3.05) is 0 Å². The van der Waals surface area contributed by atoms with Gasteiger partial charge in [0.05, 0.1) is 6.20 Å². The Morgan fingerprint density at radius 1 is 1.00 bits per heavy atom. The van der Waals surface area contributed by atoms with E-state index in [0.717, 1.165) is 22.4 Å². The van der Waals surface area contributed by atoms with E-state index in [0.29, 0.717) is 34.4 Å². The summed E-state index contributed by atoms with van der Waals surface area (Å²) in [4.78, 5) is 0. The minimum Gasteiger partial charge on any atom is -0.507 e. The number of rotatable bonds is 6. The Morgan fingerprint density at radius 3 is 2.61 bits per heavy atom. The SMILES string of the molecule is Cc1ccc(C)c(Oc2cn(C)nc2-c2ccc(OCc3cccc(Cl)c3)cc2O)c1. The van der Waals surface area contributed by atoms with Gasteiger partial charge in [0.2, 0.25) is 0 Å². The number of aryl methyl sites for hydroxylation is 3. The van der Waals surface area contributed by atoms with Crippen molar-refractivity contribution in [2.24, 2.45) is 7.05 Å². The van der Waals surface area contributed by atoms with Crippen molar-refractivity contribution >= 4 is 11.6 Å². The van der Waals surface area contributed by atoms with E-state index in [1.807, 2.05) is 63.4 Å². The minimum atomic E-state index is 0.0631. The summed E-state index contributed by atoms with van der Waals surface area (Å²) in [5, 5.41) is 15.8. The van der Waals surface area contributed by atoms with Crippen LogP contribution in [-0.2, 0) is 13.7 Å². The van der Waals surface area contributed by atoms with Crippen molar-refractivity contribution < 1.29 is 14.6 Å². The monoisotopic (exact) mass is 434 g/mol. The minimum absolute atomic E-state index is 0.0631. The molecular weight excluding hydrogens is 412 g/mol. The summed E-state index contributed by atoms with van der Waals surface area (Å²) < 4.78 is 13.6. The molecule has 0 aliphatic carbocycles. The van der Waals surface area contributed by atoms with Crippen LogP contribution in [0.1, 0.15) is 16.7 Å². The molecule has 0 amide bonds. The lowest BCUT2D eigenvalue weighted by atomic mass is 10.1. The van der Waals surface area contributed by atoms with Gasteiger partial charge in [0, 0.05) is 23.7 Å². The summed E-state index contributed by atoms with van der Waals surface area (Å²) in [5.41, 5.74) is 4.20. The van der Waals surface area contributed by atoms with Gasteiger partial charge in [-0.05, 0) is 60.9 Å². The molecule has 0 spiro atoms. The van der Waals surface area contributed by atoms with E-state index in [-0.39, 0.29) is 5.75 Å². The Kier molecular flexibility index (Phi) is 5.87. The average molecular weight is 435 g/mol. The molecule has 1 N–H and O–H groups in total. The third-order valence-corrected chi connectivity index (χ3v) is 5.11. The second kappa shape index (κ2) is 8.74. The van der Waals surface area contributed by atoms with E-state index >= 15 is 0 Å². The Morgan fingerprint density at radius 2 is 1.84 bits per heavy atom. The molecule has 4 rings (SSSR count). The molecule has 31 heavy (non-hydrogen) atoms. The maximum Gasteiger partial charge on any atom is 0.173 e. The molecule has 0 atom stereocenters. The average Bonchev–Trinajstić information content (AvgIpc) is 3.09. The number of aromatic hydroxyl groups is 1. The molecule has 0 aliphatic heterocycles. The van der Waals surface area contributed by atoms with Crippen molar-refractivity contribution in [2.45, 2.75) is 20.5 Å². The zero-order chi connectivity index (χ0) is 22.0. The summed E-state index contributed by atoms with van der Waals surface area (Å²) >= 11 is 6.02. The largest absolute Gasteiger partial charge is 0.507 e. The number of phenolic OH excluding ortho intramolecular Hbond substituents is 1. The van der Waals surface area contributed by atoms with Crippen LogP contribution in [-0.4, -0.2) is 14.9 Å². The third-order valence-electron chi connectivity index (χ3n) is 4.88. The molecule has 3 aromatic carbocycles. The molecule has 0 bridgehead atoms. The first-order valence-corrected chi connectivity index (χ1v) is 10.3. The fraction of sp³-hybridized carbons (Fsp3) is 0.160. The van der Waals surface area contributed by atoms with Gasteiger partial charge in [0.25, 0.3) is 0 Å². The van der Waals surface area contributed by atoms with Crippen molar-refractivity contribution in [3.05, 3.63) is 88.6 Å². The highest BCUT2D eigenvalue weighted by Gasteiger charge is 2.17. The molecule has 1 aromatic heterocycles. The second-order valence-corrected chi connectivity index (χ2v) is 7.92. The first kappa shape index (κ1) is 20.8. The third kappa shape index (κ3) is 4.84. The van der Waals surface area contributed by atoms with Gasteiger partial charge in [-0.15, -0.1) is 0 Å². The van der Waals surface area contributed by atoms with Crippen LogP contribution in [0.3, 0.4) is 0 Å². The van der Waals surface area contributed by atoms with Crippen LogP contribution in [0.5, 0.6) is 23.0 Å². The Labute approximate surface area is 186 Å². The van der Waals surface area contributed by atoms with Gasteiger partial charge in [0.1, 0.15) is 29.5 Å². The quantitative estimate of drug-likeness (QED) is 0.379. The molecular formula is C25H23ClN2O3. The van der Waals surface area contributed by atoms with Crippen LogP contribution < -0.4 is 9.47 Å². The van der Waals surface area contributed by atoms with Crippen molar-refractivity contribution in [1.82, 2.24) is 9.78 Å². The summed E-state index contributed by atoms with van der Waals surface area (Å²) in [6.07, 6.45) is 1.79. The standard InChI is InChI=1S/C25H23ClN2O3/c1-16-7-8-17(2)23(11-16)31-24-14-28(3)27-25(24)21-10-9-20(13-22(21)29)30-15-18-5-4-6-19(26)12-18/h4-14,29H,15H2,1-3H3. The van der Waals surface area contributed by atoms with E-state index in [1.165, 1.54) is 0 Å². The van der Waals surface area contributed by atoms with Crippen molar-refractivity contribution in [3.8, 4) is 34.3 Å². The van der Waals surface area contributed by atoms with Crippen molar-refractivity contribution in [1.29, 1.82) is 0 Å². The molecule has 0 aliphatic rings. The van der Waals surface area contributed by atoms with Gasteiger partial charge in [-0.25, -0.2) is 0 Å². The van der Waals surface area contributed by atoms with Crippen LogP contribution in [0.15, 0.2) is 66.9 Å².